The lowest BCUT2D eigenvalue weighted by Crippen LogP contribution is -2.32. The number of rotatable bonds is 4. The van der Waals surface area contributed by atoms with Gasteiger partial charge in [-0.1, -0.05) is 18.9 Å². The number of carbonyl (C=O) groups is 2. The Balaban J connectivity index is 1.78. The first-order chi connectivity index (χ1) is 12.0. The van der Waals surface area contributed by atoms with Crippen molar-refractivity contribution in [3.05, 3.63) is 29.8 Å². The van der Waals surface area contributed by atoms with E-state index in [2.05, 4.69) is 0 Å². The SMILES string of the molecule is O=C(O[C@@H]1CCOC1=O)c1cccc(S(=O)(=O)N2CCCCCC2)c1. The summed E-state index contributed by atoms with van der Waals surface area (Å²) in [6, 6.07) is 5.77. The standard InChI is InChI=1S/C17H21NO6S/c19-16(24-15-8-11-23-17(15)20)13-6-5-7-14(12-13)25(21,22)18-9-3-1-2-4-10-18/h5-7,12,15H,1-4,8-11H2/t15-/m1/s1. The highest BCUT2D eigenvalue weighted by Gasteiger charge is 2.31. The highest BCUT2D eigenvalue weighted by molar-refractivity contribution is 7.89. The van der Waals surface area contributed by atoms with Gasteiger partial charge in [0.05, 0.1) is 17.1 Å². The molecule has 7 nitrogen and oxygen atoms in total. The third-order valence-electron chi connectivity index (χ3n) is 4.41. The van der Waals surface area contributed by atoms with E-state index in [1.165, 1.54) is 28.6 Å². The number of hydrogen-bond donors (Lipinski definition) is 0. The molecule has 8 heteroatoms. The van der Waals surface area contributed by atoms with Crippen LogP contribution in [0.1, 0.15) is 42.5 Å². The number of ether oxygens (including phenoxy) is 2. The van der Waals surface area contributed by atoms with Crippen LogP contribution in [0.5, 0.6) is 0 Å². The molecule has 0 bridgehead atoms. The van der Waals surface area contributed by atoms with Crippen molar-refractivity contribution in [3.8, 4) is 0 Å². The fraction of sp³-hybridized carbons (Fsp3) is 0.529. The fourth-order valence-corrected chi connectivity index (χ4v) is 4.56. The highest BCUT2D eigenvalue weighted by atomic mass is 32.2. The Morgan fingerprint density at radius 2 is 1.88 bits per heavy atom. The van der Waals surface area contributed by atoms with Gasteiger partial charge in [0, 0.05) is 19.5 Å². The second kappa shape index (κ2) is 7.53. The zero-order valence-corrected chi connectivity index (χ0v) is 14.7. The summed E-state index contributed by atoms with van der Waals surface area (Å²) in [6.45, 7) is 1.20. The summed E-state index contributed by atoms with van der Waals surface area (Å²) in [6.07, 6.45) is 3.12. The predicted molar refractivity (Wildman–Crippen MR) is 88.4 cm³/mol. The molecule has 2 aliphatic rings. The molecule has 0 unspecified atom stereocenters. The van der Waals surface area contributed by atoms with Crippen LogP contribution < -0.4 is 0 Å². The van der Waals surface area contributed by atoms with Gasteiger partial charge in [-0.05, 0) is 31.0 Å². The molecular weight excluding hydrogens is 346 g/mol. The van der Waals surface area contributed by atoms with Crippen LogP contribution in [0, 0.1) is 0 Å². The van der Waals surface area contributed by atoms with Gasteiger partial charge in [-0.15, -0.1) is 0 Å². The van der Waals surface area contributed by atoms with E-state index in [0.717, 1.165) is 25.7 Å². The van der Waals surface area contributed by atoms with E-state index in [1.54, 1.807) is 0 Å². The molecule has 0 N–H and O–H groups in total. The molecule has 136 valence electrons. The van der Waals surface area contributed by atoms with Gasteiger partial charge in [0.2, 0.25) is 16.1 Å². The van der Waals surface area contributed by atoms with Crippen LogP contribution >= 0.6 is 0 Å². The molecule has 25 heavy (non-hydrogen) atoms. The van der Waals surface area contributed by atoms with Crippen molar-refractivity contribution in [2.45, 2.75) is 43.1 Å². The molecule has 1 aromatic rings. The van der Waals surface area contributed by atoms with Gasteiger partial charge < -0.3 is 9.47 Å². The van der Waals surface area contributed by atoms with Crippen molar-refractivity contribution in [2.24, 2.45) is 0 Å². The summed E-state index contributed by atoms with van der Waals surface area (Å²) >= 11 is 0. The second-order valence-corrected chi connectivity index (χ2v) is 8.13. The first kappa shape index (κ1) is 17.9. The minimum Gasteiger partial charge on any atom is -0.463 e. The smallest absolute Gasteiger partial charge is 0.347 e. The van der Waals surface area contributed by atoms with Crippen molar-refractivity contribution in [1.82, 2.24) is 4.31 Å². The summed E-state index contributed by atoms with van der Waals surface area (Å²) in [4.78, 5) is 23.7. The summed E-state index contributed by atoms with van der Waals surface area (Å²) in [7, 11) is -3.65. The van der Waals surface area contributed by atoms with Crippen molar-refractivity contribution in [2.75, 3.05) is 19.7 Å². The zero-order valence-electron chi connectivity index (χ0n) is 13.8. The van der Waals surface area contributed by atoms with Gasteiger partial charge in [-0.2, -0.15) is 4.31 Å². The minimum atomic E-state index is -3.65. The van der Waals surface area contributed by atoms with Crippen molar-refractivity contribution < 1.29 is 27.5 Å². The lowest BCUT2D eigenvalue weighted by Gasteiger charge is -2.20. The molecule has 1 aromatic carbocycles. The number of cyclic esters (lactones) is 1. The lowest BCUT2D eigenvalue weighted by atomic mass is 10.2. The van der Waals surface area contributed by atoms with Crippen molar-refractivity contribution in [1.29, 1.82) is 0 Å². The summed E-state index contributed by atoms with van der Waals surface area (Å²) in [5, 5.41) is 0. The molecule has 2 fully saturated rings. The molecule has 2 saturated heterocycles. The Labute approximate surface area is 147 Å². The normalized spacial score (nSPS) is 22.2. The fourth-order valence-electron chi connectivity index (χ4n) is 3.00. The van der Waals surface area contributed by atoms with Crippen LogP contribution in [0.4, 0.5) is 0 Å². The molecule has 0 aromatic heterocycles. The Hall–Kier alpha value is -1.93. The molecule has 0 spiro atoms. The number of esters is 2. The molecule has 1 atom stereocenters. The van der Waals surface area contributed by atoms with Gasteiger partial charge in [-0.3, -0.25) is 0 Å². The van der Waals surface area contributed by atoms with E-state index in [0.29, 0.717) is 19.5 Å². The molecule has 0 saturated carbocycles. The molecule has 3 rings (SSSR count). The molecule has 0 radical (unpaired) electrons. The van der Waals surface area contributed by atoms with Crippen LogP contribution in [0.2, 0.25) is 0 Å². The zero-order chi connectivity index (χ0) is 17.9. The third kappa shape index (κ3) is 4.01. The quantitative estimate of drug-likeness (QED) is 0.753. The van der Waals surface area contributed by atoms with E-state index in [1.807, 2.05) is 0 Å². The average molecular weight is 367 g/mol. The van der Waals surface area contributed by atoms with Gasteiger partial charge in [0.1, 0.15) is 0 Å². The maximum absolute atomic E-state index is 12.8. The first-order valence-corrected chi connectivity index (χ1v) is 9.90. The van der Waals surface area contributed by atoms with Crippen molar-refractivity contribution >= 4 is 22.0 Å². The molecule has 0 amide bonds. The maximum atomic E-state index is 12.8. The van der Waals surface area contributed by atoms with Crippen LogP contribution in [0.15, 0.2) is 29.2 Å². The largest absolute Gasteiger partial charge is 0.463 e. The van der Waals surface area contributed by atoms with Crippen LogP contribution in [0.25, 0.3) is 0 Å². The van der Waals surface area contributed by atoms with E-state index in [-0.39, 0.29) is 17.1 Å². The molecule has 2 aliphatic heterocycles. The monoisotopic (exact) mass is 367 g/mol. The topological polar surface area (TPSA) is 90.0 Å². The van der Waals surface area contributed by atoms with Gasteiger partial charge in [0.15, 0.2) is 0 Å². The molecule has 0 aliphatic carbocycles. The lowest BCUT2D eigenvalue weighted by molar-refractivity contribution is -0.145. The van der Waals surface area contributed by atoms with Crippen LogP contribution in [-0.4, -0.2) is 50.5 Å². The minimum absolute atomic E-state index is 0.0675. The van der Waals surface area contributed by atoms with Crippen molar-refractivity contribution in [3.63, 3.8) is 0 Å². The van der Waals surface area contributed by atoms with Gasteiger partial charge >= 0.3 is 11.9 Å². The van der Waals surface area contributed by atoms with E-state index in [4.69, 9.17) is 9.47 Å². The van der Waals surface area contributed by atoms with E-state index in [9.17, 15) is 18.0 Å². The first-order valence-electron chi connectivity index (χ1n) is 8.46. The Bertz CT molecular complexity index is 752. The number of nitrogens with zero attached hydrogens (tertiary/aromatic N) is 1. The average Bonchev–Trinajstić information content (AvgIpc) is 2.85. The Morgan fingerprint density at radius 3 is 2.52 bits per heavy atom. The van der Waals surface area contributed by atoms with Gasteiger partial charge in [0.25, 0.3) is 0 Å². The number of benzene rings is 1. The number of hydrogen-bond acceptors (Lipinski definition) is 6. The van der Waals surface area contributed by atoms with Gasteiger partial charge in [-0.25, -0.2) is 18.0 Å². The molecular formula is C17H21NO6S. The summed E-state index contributed by atoms with van der Waals surface area (Å²) < 4.78 is 37.0. The summed E-state index contributed by atoms with van der Waals surface area (Å²) in [5.74, 6) is -1.29. The predicted octanol–water partition coefficient (Wildman–Crippen LogP) is 1.72. The highest BCUT2D eigenvalue weighted by Crippen LogP contribution is 2.22. The van der Waals surface area contributed by atoms with E-state index < -0.39 is 28.1 Å². The summed E-state index contributed by atoms with van der Waals surface area (Å²) in [5.41, 5.74) is 0.107. The Morgan fingerprint density at radius 1 is 1.16 bits per heavy atom. The third-order valence-corrected chi connectivity index (χ3v) is 6.30. The number of carbonyl (C=O) groups excluding carboxylic acids is 2. The molecule has 2 heterocycles. The van der Waals surface area contributed by atoms with Crippen LogP contribution in [-0.2, 0) is 24.3 Å². The Kier molecular flexibility index (Phi) is 5.39. The maximum Gasteiger partial charge on any atom is 0.347 e. The van der Waals surface area contributed by atoms with Crippen LogP contribution in [0.3, 0.4) is 0 Å². The number of sulfonamides is 1. The van der Waals surface area contributed by atoms with E-state index >= 15 is 0 Å². The second-order valence-electron chi connectivity index (χ2n) is 6.20.